The second-order valence-corrected chi connectivity index (χ2v) is 4.91. The van der Waals surface area contributed by atoms with Crippen LogP contribution in [0.4, 0.5) is 4.79 Å². The second kappa shape index (κ2) is 4.96. The van der Waals surface area contributed by atoms with Gasteiger partial charge in [-0.3, -0.25) is 4.90 Å². The zero-order valence-corrected chi connectivity index (χ0v) is 11.4. The fourth-order valence-corrected chi connectivity index (χ4v) is 2.92. The van der Waals surface area contributed by atoms with E-state index in [1.165, 1.54) is 7.11 Å². The van der Waals surface area contributed by atoms with Gasteiger partial charge in [0.15, 0.2) is 0 Å². The number of aliphatic hydroxyl groups is 1. The lowest BCUT2D eigenvalue weighted by Crippen LogP contribution is -2.43. The Bertz CT molecular complexity index is 503. The molecule has 0 aliphatic carbocycles. The molecule has 2 aliphatic heterocycles. The number of amides is 1. The molecule has 2 fully saturated rings. The lowest BCUT2D eigenvalue weighted by molar-refractivity contribution is 0.0425. The van der Waals surface area contributed by atoms with E-state index in [2.05, 4.69) is 0 Å². The molecule has 2 heterocycles. The van der Waals surface area contributed by atoms with Crippen LogP contribution < -0.4 is 4.74 Å². The summed E-state index contributed by atoms with van der Waals surface area (Å²) in [5.41, 5.74) is 0.944. The van der Waals surface area contributed by atoms with Gasteiger partial charge < -0.3 is 19.3 Å². The molecule has 1 aromatic rings. The molecule has 20 heavy (non-hydrogen) atoms. The van der Waals surface area contributed by atoms with Crippen LogP contribution in [0.25, 0.3) is 0 Å². The van der Waals surface area contributed by atoms with Crippen molar-refractivity contribution in [3.8, 4) is 5.75 Å². The molecule has 0 spiro atoms. The zero-order valence-electron chi connectivity index (χ0n) is 11.4. The number of ether oxygens (including phenoxy) is 3. The third-order valence-corrected chi connectivity index (χ3v) is 3.94. The highest BCUT2D eigenvalue weighted by molar-refractivity contribution is 5.70. The van der Waals surface area contributed by atoms with Crippen LogP contribution in [0.2, 0.25) is 0 Å². The maximum atomic E-state index is 12.0. The first-order chi connectivity index (χ1) is 9.71. The van der Waals surface area contributed by atoms with Crippen molar-refractivity contribution >= 4 is 6.09 Å². The standard InChI is InChI=1S/C14H17NO5/c1-18-9-5-3-8(4-6-9)11-13-12(20-13)10(7-16)15(11)14(17)19-2/h3-6,10-13,16H,7H2,1-2H3/t10-,11-,12+,13-/m1/s1. The maximum absolute atomic E-state index is 12.0. The summed E-state index contributed by atoms with van der Waals surface area (Å²) in [6, 6.07) is 6.91. The van der Waals surface area contributed by atoms with Gasteiger partial charge in [0.05, 0.1) is 32.9 Å². The van der Waals surface area contributed by atoms with Gasteiger partial charge in [-0.05, 0) is 17.7 Å². The van der Waals surface area contributed by atoms with E-state index >= 15 is 0 Å². The summed E-state index contributed by atoms with van der Waals surface area (Å²) in [7, 11) is 2.94. The summed E-state index contributed by atoms with van der Waals surface area (Å²) in [6.07, 6.45) is -0.619. The minimum atomic E-state index is -0.444. The highest BCUT2D eigenvalue weighted by Crippen LogP contribution is 2.49. The number of epoxide rings is 1. The number of aliphatic hydroxyl groups excluding tert-OH is 1. The van der Waals surface area contributed by atoms with Crippen molar-refractivity contribution in [1.29, 1.82) is 0 Å². The highest BCUT2D eigenvalue weighted by atomic mass is 16.6. The molecular weight excluding hydrogens is 262 g/mol. The van der Waals surface area contributed by atoms with Crippen molar-refractivity contribution in [2.24, 2.45) is 0 Å². The van der Waals surface area contributed by atoms with Crippen LogP contribution in [0, 0.1) is 0 Å². The number of fused-ring (bicyclic) bond motifs is 1. The Balaban J connectivity index is 1.91. The summed E-state index contributed by atoms with van der Waals surface area (Å²) in [4.78, 5) is 13.5. The van der Waals surface area contributed by atoms with Crippen molar-refractivity contribution in [2.75, 3.05) is 20.8 Å². The van der Waals surface area contributed by atoms with Gasteiger partial charge in [0.1, 0.15) is 18.0 Å². The van der Waals surface area contributed by atoms with Crippen molar-refractivity contribution < 1.29 is 24.1 Å². The molecule has 2 saturated heterocycles. The Morgan fingerprint density at radius 1 is 1.30 bits per heavy atom. The summed E-state index contributed by atoms with van der Waals surface area (Å²) >= 11 is 0. The minimum Gasteiger partial charge on any atom is -0.497 e. The summed E-state index contributed by atoms with van der Waals surface area (Å²) < 4.78 is 15.5. The fraction of sp³-hybridized carbons (Fsp3) is 0.500. The monoisotopic (exact) mass is 279 g/mol. The topological polar surface area (TPSA) is 71.5 Å². The number of hydrogen-bond donors (Lipinski definition) is 1. The largest absolute Gasteiger partial charge is 0.497 e. The number of carbonyl (C=O) groups excluding carboxylic acids is 1. The van der Waals surface area contributed by atoms with E-state index in [1.807, 2.05) is 24.3 Å². The molecule has 1 N–H and O–H groups in total. The van der Waals surface area contributed by atoms with Gasteiger partial charge in [-0.15, -0.1) is 0 Å². The Kier molecular flexibility index (Phi) is 3.27. The number of morpholine rings is 1. The predicted octanol–water partition coefficient (Wildman–Crippen LogP) is 0.947. The minimum absolute atomic E-state index is 0.0698. The van der Waals surface area contributed by atoms with Crippen LogP contribution in [-0.4, -0.2) is 55.2 Å². The molecule has 0 radical (unpaired) electrons. The van der Waals surface area contributed by atoms with Gasteiger partial charge in [0.2, 0.25) is 0 Å². The smallest absolute Gasteiger partial charge is 0.410 e. The molecule has 0 bridgehead atoms. The lowest BCUT2D eigenvalue weighted by atomic mass is 10.0. The summed E-state index contributed by atoms with van der Waals surface area (Å²) in [5, 5.41) is 9.48. The van der Waals surface area contributed by atoms with E-state index in [1.54, 1.807) is 12.0 Å². The summed E-state index contributed by atoms with van der Waals surface area (Å²) in [6.45, 7) is -0.136. The molecule has 0 aromatic heterocycles. The number of methoxy groups -OCH3 is 2. The Labute approximate surface area is 116 Å². The molecule has 6 heteroatoms. The van der Waals surface area contributed by atoms with Crippen molar-refractivity contribution in [2.45, 2.75) is 24.3 Å². The molecule has 1 aromatic carbocycles. The number of hydrogen-bond acceptors (Lipinski definition) is 5. The van der Waals surface area contributed by atoms with Gasteiger partial charge >= 0.3 is 6.09 Å². The number of rotatable bonds is 3. The van der Waals surface area contributed by atoms with Crippen LogP contribution in [0.1, 0.15) is 11.6 Å². The van der Waals surface area contributed by atoms with Gasteiger partial charge in [-0.1, -0.05) is 12.1 Å². The molecule has 0 unspecified atom stereocenters. The number of carbonyl (C=O) groups is 1. The average molecular weight is 279 g/mol. The zero-order chi connectivity index (χ0) is 14.3. The SMILES string of the molecule is COC(=O)N1[C@H](CO)[C@@H]2O[C@@H]2[C@H]1c1ccc(OC)cc1. The first-order valence-corrected chi connectivity index (χ1v) is 6.47. The fourth-order valence-electron chi connectivity index (χ4n) is 2.92. The first kappa shape index (κ1) is 13.2. The maximum Gasteiger partial charge on any atom is 0.410 e. The van der Waals surface area contributed by atoms with Crippen molar-refractivity contribution in [1.82, 2.24) is 4.90 Å². The molecule has 6 nitrogen and oxygen atoms in total. The highest BCUT2D eigenvalue weighted by Gasteiger charge is 2.62. The molecule has 4 atom stereocenters. The number of likely N-dealkylation sites (tertiary alicyclic amines) is 1. The molecule has 0 saturated carbocycles. The van der Waals surface area contributed by atoms with Crippen molar-refractivity contribution in [3.05, 3.63) is 29.8 Å². The van der Waals surface area contributed by atoms with Crippen LogP contribution in [-0.2, 0) is 9.47 Å². The van der Waals surface area contributed by atoms with E-state index in [4.69, 9.17) is 14.2 Å². The van der Waals surface area contributed by atoms with Crippen molar-refractivity contribution in [3.63, 3.8) is 0 Å². The van der Waals surface area contributed by atoms with Crippen LogP contribution in [0.3, 0.4) is 0 Å². The molecule has 3 rings (SSSR count). The number of nitrogens with zero attached hydrogens (tertiary/aromatic N) is 1. The summed E-state index contributed by atoms with van der Waals surface area (Å²) in [5.74, 6) is 0.753. The molecule has 2 aliphatic rings. The van der Waals surface area contributed by atoms with E-state index in [-0.39, 0.29) is 30.9 Å². The Morgan fingerprint density at radius 2 is 2.00 bits per heavy atom. The predicted molar refractivity (Wildman–Crippen MR) is 69.5 cm³/mol. The normalized spacial score (nSPS) is 30.9. The number of benzene rings is 1. The average Bonchev–Trinajstić information content (AvgIpc) is 3.21. The second-order valence-electron chi connectivity index (χ2n) is 4.91. The van der Waals surface area contributed by atoms with Gasteiger partial charge in [0.25, 0.3) is 0 Å². The van der Waals surface area contributed by atoms with E-state index in [9.17, 15) is 9.90 Å². The van der Waals surface area contributed by atoms with Crippen LogP contribution in [0.5, 0.6) is 5.75 Å². The quantitative estimate of drug-likeness (QED) is 0.834. The van der Waals surface area contributed by atoms with Crippen LogP contribution >= 0.6 is 0 Å². The van der Waals surface area contributed by atoms with E-state index in [0.717, 1.165) is 11.3 Å². The molecule has 108 valence electrons. The van der Waals surface area contributed by atoms with Gasteiger partial charge in [-0.2, -0.15) is 0 Å². The third-order valence-electron chi connectivity index (χ3n) is 3.94. The lowest BCUT2D eigenvalue weighted by Gasteiger charge is -2.30. The molecular formula is C14H17NO5. The Morgan fingerprint density at radius 3 is 2.55 bits per heavy atom. The Hall–Kier alpha value is -1.79. The third kappa shape index (κ3) is 1.92. The van der Waals surface area contributed by atoms with Crippen LogP contribution in [0.15, 0.2) is 24.3 Å². The van der Waals surface area contributed by atoms with E-state index < -0.39 is 6.09 Å². The van der Waals surface area contributed by atoms with Gasteiger partial charge in [-0.25, -0.2) is 4.79 Å². The van der Waals surface area contributed by atoms with Gasteiger partial charge in [0, 0.05) is 0 Å². The first-order valence-electron chi connectivity index (χ1n) is 6.47. The van der Waals surface area contributed by atoms with E-state index in [0.29, 0.717) is 0 Å². The molecule has 1 amide bonds.